The summed E-state index contributed by atoms with van der Waals surface area (Å²) in [5.74, 6) is -0.977. The number of thioether (sulfide) groups is 1. The number of ether oxygens (including phenoxy) is 1. The highest BCUT2D eigenvalue weighted by molar-refractivity contribution is 8.15. The second-order valence-electron chi connectivity index (χ2n) is 6.76. The van der Waals surface area contributed by atoms with Crippen molar-refractivity contribution >= 4 is 57.7 Å². The van der Waals surface area contributed by atoms with E-state index in [9.17, 15) is 14.4 Å². The Balaban J connectivity index is 1.76. The highest BCUT2D eigenvalue weighted by atomic mass is 35.5. The van der Waals surface area contributed by atoms with Gasteiger partial charge in [-0.05, 0) is 49.4 Å². The van der Waals surface area contributed by atoms with Crippen molar-refractivity contribution in [2.75, 3.05) is 18.5 Å². The van der Waals surface area contributed by atoms with Crippen molar-refractivity contribution in [3.05, 3.63) is 71.8 Å². The predicted octanol–water partition coefficient (Wildman–Crippen LogP) is 4.66. The van der Waals surface area contributed by atoms with Gasteiger partial charge in [-0.15, -0.1) is 6.58 Å². The molecule has 3 rings (SSSR count). The molecule has 2 amide bonds. The number of hydrogen-bond acceptors (Lipinski definition) is 6. The van der Waals surface area contributed by atoms with E-state index in [0.29, 0.717) is 27.1 Å². The minimum atomic E-state index is -0.661. The van der Waals surface area contributed by atoms with Crippen LogP contribution in [0.3, 0.4) is 0 Å². The molecule has 0 radical (unpaired) electrons. The SMILES string of the molecule is C=CCN1C(=O)CC(C(=O)Nc2ccc(C(=O)OCC)cc2)SC1=Nc1cccc(Cl)c1. The maximum atomic E-state index is 12.9. The largest absolute Gasteiger partial charge is 0.462 e. The van der Waals surface area contributed by atoms with Gasteiger partial charge in [0.2, 0.25) is 11.8 Å². The average molecular weight is 472 g/mol. The van der Waals surface area contributed by atoms with E-state index in [2.05, 4.69) is 16.9 Å². The van der Waals surface area contributed by atoms with Crippen molar-refractivity contribution in [2.24, 2.45) is 4.99 Å². The first-order valence-corrected chi connectivity index (χ1v) is 11.2. The first-order chi connectivity index (χ1) is 15.4. The third-order valence-corrected chi connectivity index (χ3v) is 5.86. The summed E-state index contributed by atoms with van der Waals surface area (Å²) in [5.41, 5.74) is 1.48. The fraction of sp³-hybridized carbons (Fsp3) is 0.217. The Bertz CT molecular complexity index is 1060. The van der Waals surface area contributed by atoms with Gasteiger partial charge in [-0.1, -0.05) is 35.5 Å². The Morgan fingerprint density at radius 1 is 1.31 bits per heavy atom. The smallest absolute Gasteiger partial charge is 0.338 e. The summed E-state index contributed by atoms with van der Waals surface area (Å²) in [6.07, 6.45) is 1.64. The lowest BCUT2D eigenvalue weighted by atomic mass is 10.2. The number of amidine groups is 1. The number of anilines is 1. The minimum Gasteiger partial charge on any atom is -0.462 e. The van der Waals surface area contributed by atoms with Crippen LogP contribution < -0.4 is 5.32 Å². The highest BCUT2D eigenvalue weighted by Gasteiger charge is 2.35. The molecular formula is C23H22ClN3O4S. The van der Waals surface area contributed by atoms with Gasteiger partial charge in [-0.3, -0.25) is 14.5 Å². The molecule has 9 heteroatoms. The molecule has 0 aliphatic carbocycles. The molecule has 2 aromatic carbocycles. The molecule has 1 unspecified atom stereocenters. The van der Waals surface area contributed by atoms with Crippen LogP contribution in [0.15, 0.2) is 66.2 Å². The molecule has 1 aliphatic heterocycles. The van der Waals surface area contributed by atoms with Crippen LogP contribution in [0.1, 0.15) is 23.7 Å². The molecule has 0 spiro atoms. The van der Waals surface area contributed by atoms with E-state index in [4.69, 9.17) is 16.3 Å². The third-order valence-electron chi connectivity index (χ3n) is 4.44. The van der Waals surface area contributed by atoms with Gasteiger partial charge in [0.1, 0.15) is 5.25 Å². The van der Waals surface area contributed by atoms with Gasteiger partial charge in [0.05, 0.1) is 17.9 Å². The van der Waals surface area contributed by atoms with E-state index in [1.54, 1.807) is 61.5 Å². The number of rotatable bonds is 7. The van der Waals surface area contributed by atoms with Gasteiger partial charge in [0.25, 0.3) is 0 Å². The van der Waals surface area contributed by atoms with Crippen molar-refractivity contribution in [3.63, 3.8) is 0 Å². The Labute approximate surface area is 195 Å². The Kier molecular flexibility index (Phi) is 8.08. The van der Waals surface area contributed by atoms with E-state index in [-0.39, 0.29) is 31.4 Å². The zero-order valence-electron chi connectivity index (χ0n) is 17.4. The first-order valence-electron chi connectivity index (χ1n) is 9.91. The number of aliphatic imine (C=N–C) groups is 1. The molecule has 166 valence electrons. The molecule has 1 heterocycles. The van der Waals surface area contributed by atoms with Crippen molar-refractivity contribution in [2.45, 2.75) is 18.6 Å². The molecule has 32 heavy (non-hydrogen) atoms. The predicted molar refractivity (Wildman–Crippen MR) is 127 cm³/mol. The zero-order valence-corrected chi connectivity index (χ0v) is 19.0. The molecule has 0 bridgehead atoms. The first kappa shape index (κ1) is 23.6. The van der Waals surface area contributed by atoms with Crippen molar-refractivity contribution in [1.82, 2.24) is 4.90 Å². The highest BCUT2D eigenvalue weighted by Crippen LogP contribution is 2.30. The Morgan fingerprint density at radius 2 is 2.06 bits per heavy atom. The van der Waals surface area contributed by atoms with Crippen LogP contribution in [0.4, 0.5) is 11.4 Å². The van der Waals surface area contributed by atoms with Gasteiger partial charge in [0, 0.05) is 23.7 Å². The molecule has 1 atom stereocenters. The van der Waals surface area contributed by atoms with E-state index < -0.39 is 11.2 Å². The van der Waals surface area contributed by atoms with E-state index in [1.807, 2.05) is 0 Å². The lowest BCUT2D eigenvalue weighted by Crippen LogP contribution is -2.45. The Hall–Kier alpha value is -3.10. The summed E-state index contributed by atoms with van der Waals surface area (Å²) in [6.45, 7) is 6.00. The molecule has 1 aliphatic rings. The summed E-state index contributed by atoms with van der Waals surface area (Å²) < 4.78 is 4.95. The number of halogens is 1. The normalized spacial score (nSPS) is 17.2. The summed E-state index contributed by atoms with van der Waals surface area (Å²) in [6, 6.07) is 13.3. The van der Waals surface area contributed by atoms with Crippen LogP contribution in [-0.4, -0.2) is 46.3 Å². The number of esters is 1. The number of carbonyl (C=O) groups is 3. The van der Waals surface area contributed by atoms with E-state index >= 15 is 0 Å². The molecule has 1 N–H and O–H groups in total. The topological polar surface area (TPSA) is 88.1 Å². The third kappa shape index (κ3) is 5.99. The van der Waals surface area contributed by atoms with Crippen molar-refractivity contribution in [1.29, 1.82) is 0 Å². The van der Waals surface area contributed by atoms with Gasteiger partial charge in [-0.25, -0.2) is 9.79 Å². The molecule has 0 aromatic heterocycles. The lowest BCUT2D eigenvalue weighted by Gasteiger charge is -2.31. The molecular weight excluding hydrogens is 450 g/mol. The quantitative estimate of drug-likeness (QED) is 0.468. The monoisotopic (exact) mass is 471 g/mol. The van der Waals surface area contributed by atoms with Gasteiger partial charge < -0.3 is 10.1 Å². The summed E-state index contributed by atoms with van der Waals surface area (Å²) >= 11 is 7.24. The van der Waals surface area contributed by atoms with Gasteiger partial charge in [-0.2, -0.15) is 0 Å². The molecule has 1 fully saturated rings. The van der Waals surface area contributed by atoms with Crippen LogP contribution in [0, 0.1) is 0 Å². The standard InChI is InChI=1S/C23H22ClN3O4S/c1-3-12-27-20(28)14-19(32-23(27)26-18-7-5-6-16(24)13-18)21(29)25-17-10-8-15(9-11-17)22(30)31-4-2/h3,5-11,13,19H,1,4,12,14H2,2H3,(H,25,29). The number of nitrogens with zero attached hydrogens (tertiary/aromatic N) is 2. The van der Waals surface area contributed by atoms with E-state index in [0.717, 1.165) is 0 Å². The molecule has 1 saturated heterocycles. The van der Waals surface area contributed by atoms with Gasteiger partial charge >= 0.3 is 5.97 Å². The van der Waals surface area contributed by atoms with Crippen molar-refractivity contribution < 1.29 is 19.1 Å². The van der Waals surface area contributed by atoms with Gasteiger partial charge in [0.15, 0.2) is 5.17 Å². The zero-order chi connectivity index (χ0) is 23.1. The molecule has 2 aromatic rings. The van der Waals surface area contributed by atoms with Crippen LogP contribution in [-0.2, 0) is 14.3 Å². The second-order valence-corrected chi connectivity index (χ2v) is 8.37. The summed E-state index contributed by atoms with van der Waals surface area (Å²) in [7, 11) is 0. The maximum absolute atomic E-state index is 12.9. The van der Waals surface area contributed by atoms with Crippen LogP contribution in [0.5, 0.6) is 0 Å². The lowest BCUT2D eigenvalue weighted by molar-refractivity contribution is -0.129. The number of carbonyl (C=O) groups excluding carboxylic acids is 3. The fourth-order valence-corrected chi connectivity index (χ4v) is 4.23. The minimum absolute atomic E-state index is 0.0276. The van der Waals surface area contributed by atoms with E-state index in [1.165, 1.54) is 16.7 Å². The van der Waals surface area contributed by atoms with Crippen LogP contribution in [0.2, 0.25) is 5.02 Å². The van der Waals surface area contributed by atoms with Crippen molar-refractivity contribution in [3.8, 4) is 0 Å². The number of benzene rings is 2. The van der Waals surface area contributed by atoms with Crippen LogP contribution >= 0.6 is 23.4 Å². The van der Waals surface area contributed by atoms with Crippen LogP contribution in [0.25, 0.3) is 0 Å². The Morgan fingerprint density at radius 3 is 2.72 bits per heavy atom. The number of nitrogens with one attached hydrogen (secondary N) is 1. The second kappa shape index (κ2) is 11.0. The molecule has 0 saturated carbocycles. The maximum Gasteiger partial charge on any atom is 0.338 e. The molecule has 7 nitrogen and oxygen atoms in total. The summed E-state index contributed by atoms with van der Waals surface area (Å²) in [4.78, 5) is 43.4. The fourth-order valence-electron chi connectivity index (χ4n) is 2.93. The average Bonchev–Trinajstić information content (AvgIpc) is 2.76. The number of hydrogen-bond donors (Lipinski definition) is 1. The summed E-state index contributed by atoms with van der Waals surface area (Å²) in [5, 5.41) is 3.06. The number of amides is 2.